The Bertz CT molecular complexity index is 1010. The lowest BCUT2D eigenvalue weighted by molar-refractivity contribution is 0.379. The highest BCUT2D eigenvalue weighted by Crippen LogP contribution is 2.36. The topological polar surface area (TPSA) is 95.9 Å². The Labute approximate surface area is 151 Å². The quantitative estimate of drug-likeness (QED) is 0.834. The van der Waals surface area contributed by atoms with Gasteiger partial charge in [0.1, 0.15) is 6.04 Å². The summed E-state index contributed by atoms with van der Waals surface area (Å²) in [6, 6.07) is 10.1. The van der Waals surface area contributed by atoms with E-state index >= 15 is 0 Å². The Hall–Kier alpha value is -1.91. The van der Waals surface area contributed by atoms with Gasteiger partial charge in [-0.1, -0.05) is 18.2 Å². The van der Waals surface area contributed by atoms with Crippen molar-refractivity contribution in [3.8, 4) is 0 Å². The molecule has 0 fully saturated rings. The minimum Gasteiger partial charge on any atom is -0.284 e. The molecule has 0 spiro atoms. The van der Waals surface area contributed by atoms with Gasteiger partial charge in [-0.25, -0.2) is 16.8 Å². The normalized spacial score (nSPS) is 18.2. The molecule has 0 amide bonds. The maximum atomic E-state index is 12.1. The van der Waals surface area contributed by atoms with Gasteiger partial charge in [-0.2, -0.15) is 9.52 Å². The van der Waals surface area contributed by atoms with Crippen molar-refractivity contribution in [1.82, 2.24) is 4.41 Å². The summed E-state index contributed by atoms with van der Waals surface area (Å²) in [4.78, 5) is 0.912. The highest BCUT2D eigenvalue weighted by molar-refractivity contribution is 7.92. The number of hydrogen-bond donors (Lipinski definition) is 1. The summed E-state index contributed by atoms with van der Waals surface area (Å²) in [5, 5.41) is 6.19. The van der Waals surface area contributed by atoms with E-state index in [-0.39, 0.29) is 6.04 Å². The molecule has 0 radical (unpaired) electrons. The van der Waals surface area contributed by atoms with Crippen LogP contribution in [0, 0.1) is 0 Å². The predicted molar refractivity (Wildman–Crippen MR) is 99.8 cm³/mol. The van der Waals surface area contributed by atoms with E-state index in [0.717, 1.165) is 21.8 Å². The van der Waals surface area contributed by atoms with Crippen molar-refractivity contribution in [2.75, 3.05) is 17.2 Å². The molecule has 1 aromatic heterocycles. The van der Waals surface area contributed by atoms with Crippen molar-refractivity contribution in [3.05, 3.63) is 52.2 Å². The number of sulfonamides is 2. The van der Waals surface area contributed by atoms with Gasteiger partial charge in [0.05, 0.1) is 18.2 Å². The zero-order valence-corrected chi connectivity index (χ0v) is 16.0. The predicted octanol–water partition coefficient (Wildman–Crippen LogP) is 2.23. The van der Waals surface area contributed by atoms with E-state index in [0.29, 0.717) is 23.4 Å². The van der Waals surface area contributed by atoms with Crippen LogP contribution in [0.2, 0.25) is 0 Å². The molecule has 1 unspecified atom stereocenters. The monoisotopic (exact) mass is 399 g/mol. The van der Waals surface area contributed by atoms with Crippen LogP contribution in [-0.4, -0.2) is 39.5 Å². The average molecular weight is 400 g/mol. The first-order valence-corrected chi connectivity index (χ1v) is 11.9. The van der Waals surface area contributed by atoms with Gasteiger partial charge in [0, 0.05) is 17.0 Å². The molecular weight excluding hydrogens is 382 g/mol. The molecule has 1 N–H and O–H groups in total. The van der Waals surface area contributed by atoms with Crippen molar-refractivity contribution in [1.29, 1.82) is 0 Å². The fourth-order valence-corrected chi connectivity index (χ4v) is 4.97. The summed E-state index contributed by atoms with van der Waals surface area (Å²) < 4.78 is 50.5. The molecule has 7 nitrogen and oxygen atoms in total. The fourth-order valence-electron chi connectivity index (χ4n) is 2.64. The highest BCUT2D eigenvalue weighted by atomic mass is 32.2. The summed E-state index contributed by atoms with van der Waals surface area (Å²) in [7, 11) is -6.91. The second-order valence-electron chi connectivity index (χ2n) is 5.77. The molecule has 0 saturated heterocycles. The first-order chi connectivity index (χ1) is 11.6. The Morgan fingerprint density at radius 2 is 1.92 bits per heavy atom. The number of hydrogen-bond acceptors (Lipinski definition) is 6. The zero-order valence-electron chi connectivity index (χ0n) is 13.6. The number of thiophene rings is 1. The van der Waals surface area contributed by atoms with Crippen LogP contribution in [0.1, 0.15) is 22.9 Å². The standard InChI is InChI=1S/C15H17N3O4S3/c1-24(19,20)17-12-6-3-5-11(9-12)13-10-14(15-7-4-8-23-15)18(16-13)25(2,21)22/h3-9,14,17H,10H2,1-2H3. The first kappa shape index (κ1) is 17.9. The molecular formula is C15H17N3O4S3. The van der Waals surface area contributed by atoms with Crippen molar-refractivity contribution >= 4 is 42.8 Å². The second kappa shape index (κ2) is 6.43. The maximum Gasteiger partial charge on any atom is 0.247 e. The lowest BCUT2D eigenvalue weighted by Crippen LogP contribution is -2.25. The van der Waals surface area contributed by atoms with Gasteiger partial charge >= 0.3 is 0 Å². The number of benzene rings is 1. The molecule has 134 valence electrons. The van der Waals surface area contributed by atoms with E-state index in [1.165, 1.54) is 11.3 Å². The molecule has 3 rings (SSSR count). The molecule has 1 aromatic carbocycles. The number of nitrogens with zero attached hydrogens (tertiary/aromatic N) is 2. The van der Waals surface area contributed by atoms with Crippen molar-refractivity contribution in [3.63, 3.8) is 0 Å². The summed E-state index contributed by atoms with van der Waals surface area (Å²) in [6.45, 7) is 0. The van der Waals surface area contributed by atoms with Crippen molar-refractivity contribution in [2.24, 2.45) is 5.10 Å². The summed E-state index contributed by atoms with van der Waals surface area (Å²) in [5.41, 5.74) is 1.69. The Morgan fingerprint density at radius 3 is 2.52 bits per heavy atom. The molecule has 1 aliphatic rings. The van der Waals surface area contributed by atoms with Crippen LogP contribution in [0.25, 0.3) is 0 Å². The van der Waals surface area contributed by atoms with Crippen molar-refractivity contribution < 1.29 is 16.8 Å². The van der Waals surface area contributed by atoms with Crippen LogP contribution < -0.4 is 4.72 Å². The van der Waals surface area contributed by atoms with Gasteiger partial charge in [0.25, 0.3) is 0 Å². The van der Waals surface area contributed by atoms with Crippen LogP contribution in [0.4, 0.5) is 5.69 Å². The number of anilines is 1. The minimum absolute atomic E-state index is 0.378. The van der Waals surface area contributed by atoms with Gasteiger partial charge < -0.3 is 0 Å². The summed E-state index contributed by atoms with van der Waals surface area (Å²) >= 11 is 1.48. The highest BCUT2D eigenvalue weighted by Gasteiger charge is 2.35. The van der Waals surface area contributed by atoms with Crippen LogP contribution in [0.5, 0.6) is 0 Å². The number of hydrazone groups is 1. The Kier molecular flexibility index (Phi) is 4.60. The summed E-state index contributed by atoms with van der Waals surface area (Å²) in [5.74, 6) is 0. The van der Waals surface area contributed by atoms with Crippen LogP contribution >= 0.6 is 11.3 Å². The summed E-state index contributed by atoms with van der Waals surface area (Å²) in [6.07, 6.45) is 2.63. The molecule has 0 saturated carbocycles. The first-order valence-electron chi connectivity index (χ1n) is 7.32. The molecule has 25 heavy (non-hydrogen) atoms. The molecule has 0 bridgehead atoms. The molecule has 10 heteroatoms. The van der Waals surface area contributed by atoms with Crippen molar-refractivity contribution in [2.45, 2.75) is 12.5 Å². The SMILES string of the molecule is CS(=O)(=O)Nc1cccc(C2=NN(S(C)(=O)=O)C(c3cccs3)C2)c1. The molecule has 1 aliphatic heterocycles. The van der Waals surface area contributed by atoms with E-state index in [2.05, 4.69) is 9.82 Å². The average Bonchev–Trinajstić information content (AvgIpc) is 3.14. The van der Waals surface area contributed by atoms with Crippen LogP contribution in [0.15, 0.2) is 46.9 Å². The van der Waals surface area contributed by atoms with Gasteiger partial charge in [0.2, 0.25) is 20.0 Å². The third-order valence-electron chi connectivity index (χ3n) is 3.58. The molecule has 1 atom stereocenters. The lowest BCUT2D eigenvalue weighted by atomic mass is 10.0. The smallest absolute Gasteiger partial charge is 0.247 e. The van der Waals surface area contributed by atoms with Gasteiger partial charge in [0.15, 0.2) is 0 Å². The fraction of sp³-hybridized carbons (Fsp3) is 0.267. The van der Waals surface area contributed by atoms with E-state index in [1.807, 2.05) is 17.5 Å². The number of rotatable bonds is 5. The Morgan fingerprint density at radius 1 is 1.16 bits per heavy atom. The van der Waals surface area contributed by atoms with Crippen LogP contribution in [0.3, 0.4) is 0 Å². The van der Waals surface area contributed by atoms with Crippen LogP contribution in [-0.2, 0) is 20.0 Å². The van der Waals surface area contributed by atoms with E-state index < -0.39 is 20.0 Å². The minimum atomic E-state index is -3.52. The van der Waals surface area contributed by atoms with E-state index in [9.17, 15) is 16.8 Å². The lowest BCUT2D eigenvalue weighted by Gasteiger charge is -2.19. The van der Waals surface area contributed by atoms with Gasteiger partial charge in [-0.05, 0) is 29.1 Å². The number of nitrogens with one attached hydrogen (secondary N) is 1. The zero-order chi connectivity index (χ0) is 18.2. The third-order valence-corrected chi connectivity index (χ3v) is 6.18. The molecule has 2 aromatic rings. The maximum absolute atomic E-state index is 12.1. The third kappa shape index (κ3) is 4.20. The van der Waals surface area contributed by atoms with E-state index in [1.54, 1.807) is 24.3 Å². The molecule has 2 heterocycles. The van der Waals surface area contributed by atoms with Gasteiger partial charge in [-0.3, -0.25) is 4.72 Å². The largest absolute Gasteiger partial charge is 0.284 e. The Balaban J connectivity index is 1.96. The second-order valence-corrected chi connectivity index (χ2v) is 10.3. The molecule has 0 aliphatic carbocycles. The van der Waals surface area contributed by atoms with E-state index in [4.69, 9.17) is 0 Å². The van der Waals surface area contributed by atoms with Gasteiger partial charge in [-0.15, -0.1) is 11.3 Å².